The van der Waals surface area contributed by atoms with E-state index in [0.717, 1.165) is 36.9 Å². The van der Waals surface area contributed by atoms with Gasteiger partial charge in [0.1, 0.15) is 6.04 Å². The molecule has 4 aliphatic rings. The quantitative estimate of drug-likeness (QED) is 0.610. The van der Waals surface area contributed by atoms with Gasteiger partial charge in [-0.05, 0) is 42.9 Å². The summed E-state index contributed by atoms with van der Waals surface area (Å²) in [6, 6.07) is 5.24. The van der Waals surface area contributed by atoms with Gasteiger partial charge in [0.05, 0.1) is 12.2 Å². The van der Waals surface area contributed by atoms with Crippen LogP contribution in [0.1, 0.15) is 53.6 Å². The third kappa shape index (κ3) is 3.25. The number of nitrogens with one attached hydrogen (secondary N) is 2. The standard InChI is InChI=1S/C21H26N4O4/c22-20-5-6-21(10-20,29-12-20)11-23-8-13-1-2-15-14(7-13)9-25(19(15)28)16-3-4-17(26)24-18(16)27/h1-2,7,16,23H,3-6,8-12,22H2,(H,24,26,27). The Hall–Kier alpha value is -2.29. The van der Waals surface area contributed by atoms with Crippen LogP contribution in [0, 0.1) is 0 Å². The van der Waals surface area contributed by atoms with Crippen molar-refractivity contribution in [3.05, 3.63) is 34.9 Å². The molecule has 3 aliphatic heterocycles. The van der Waals surface area contributed by atoms with E-state index < -0.39 is 6.04 Å². The maximum absolute atomic E-state index is 12.8. The van der Waals surface area contributed by atoms with E-state index in [9.17, 15) is 14.4 Å². The summed E-state index contributed by atoms with van der Waals surface area (Å²) in [4.78, 5) is 37.9. The van der Waals surface area contributed by atoms with Gasteiger partial charge in [-0.15, -0.1) is 0 Å². The molecule has 8 heteroatoms. The van der Waals surface area contributed by atoms with E-state index in [4.69, 9.17) is 10.5 Å². The first-order valence-electron chi connectivity index (χ1n) is 10.3. The Kier molecular flexibility index (Phi) is 4.27. The lowest BCUT2D eigenvalue weighted by atomic mass is 10.00. The Morgan fingerprint density at radius 3 is 2.83 bits per heavy atom. The van der Waals surface area contributed by atoms with E-state index in [-0.39, 0.29) is 35.3 Å². The Balaban J connectivity index is 1.22. The van der Waals surface area contributed by atoms with Crippen molar-refractivity contribution in [3.8, 4) is 0 Å². The maximum Gasteiger partial charge on any atom is 0.255 e. The molecule has 3 atom stereocenters. The average Bonchev–Trinajstić information content (AvgIpc) is 3.30. The molecule has 2 bridgehead atoms. The fourth-order valence-electron chi connectivity index (χ4n) is 5.21. The van der Waals surface area contributed by atoms with Gasteiger partial charge in [0.15, 0.2) is 0 Å². The Morgan fingerprint density at radius 1 is 1.28 bits per heavy atom. The number of ether oxygens (including phenoxy) is 1. The summed E-state index contributed by atoms with van der Waals surface area (Å²) in [6.45, 7) is 2.50. The topological polar surface area (TPSA) is 114 Å². The monoisotopic (exact) mass is 398 g/mol. The zero-order chi connectivity index (χ0) is 20.2. The van der Waals surface area contributed by atoms with Crippen LogP contribution in [0.2, 0.25) is 0 Å². The van der Waals surface area contributed by atoms with Crippen LogP contribution in [0.4, 0.5) is 0 Å². The minimum Gasteiger partial charge on any atom is -0.372 e. The van der Waals surface area contributed by atoms with Crippen molar-refractivity contribution in [2.45, 2.75) is 62.4 Å². The lowest BCUT2D eigenvalue weighted by Gasteiger charge is -2.29. The van der Waals surface area contributed by atoms with Gasteiger partial charge in [0.2, 0.25) is 11.8 Å². The van der Waals surface area contributed by atoms with E-state index in [0.29, 0.717) is 31.7 Å². The molecule has 29 heavy (non-hydrogen) atoms. The summed E-state index contributed by atoms with van der Waals surface area (Å²) < 4.78 is 5.97. The van der Waals surface area contributed by atoms with Crippen molar-refractivity contribution < 1.29 is 19.1 Å². The second-order valence-electron chi connectivity index (χ2n) is 9.01. The third-order valence-electron chi connectivity index (χ3n) is 6.78. The summed E-state index contributed by atoms with van der Waals surface area (Å²) in [5.41, 5.74) is 8.68. The Bertz CT molecular complexity index is 891. The summed E-state index contributed by atoms with van der Waals surface area (Å²) in [7, 11) is 0. The van der Waals surface area contributed by atoms with Gasteiger partial charge in [-0.25, -0.2) is 0 Å². The van der Waals surface area contributed by atoms with Crippen molar-refractivity contribution in [2.75, 3.05) is 13.2 Å². The number of rotatable bonds is 5. The van der Waals surface area contributed by atoms with Crippen LogP contribution >= 0.6 is 0 Å². The van der Waals surface area contributed by atoms with Gasteiger partial charge < -0.3 is 20.7 Å². The van der Waals surface area contributed by atoms with E-state index in [1.807, 2.05) is 18.2 Å². The fraction of sp³-hybridized carbons (Fsp3) is 0.571. The molecule has 8 nitrogen and oxygen atoms in total. The highest BCUT2D eigenvalue weighted by molar-refractivity contribution is 6.05. The zero-order valence-electron chi connectivity index (χ0n) is 16.3. The van der Waals surface area contributed by atoms with Crippen LogP contribution < -0.4 is 16.4 Å². The number of amides is 3. The van der Waals surface area contributed by atoms with Crippen molar-refractivity contribution in [2.24, 2.45) is 5.73 Å². The molecule has 5 rings (SSSR count). The molecular weight excluding hydrogens is 372 g/mol. The lowest BCUT2D eigenvalue weighted by Crippen LogP contribution is -2.52. The molecule has 1 aromatic carbocycles. The van der Waals surface area contributed by atoms with Gasteiger partial charge in [0, 0.05) is 37.2 Å². The number of hydrogen-bond acceptors (Lipinski definition) is 6. The van der Waals surface area contributed by atoms with Crippen molar-refractivity contribution in [3.63, 3.8) is 0 Å². The van der Waals surface area contributed by atoms with Crippen molar-refractivity contribution in [1.82, 2.24) is 15.5 Å². The van der Waals surface area contributed by atoms with Crippen LogP contribution in [-0.4, -0.2) is 53.0 Å². The predicted octanol–water partition coefficient (Wildman–Crippen LogP) is 0.188. The molecule has 1 saturated carbocycles. The molecule has 3 heterocycles. The second kappa shape index (κ2) is 6.62. The van der Waals surface area contributed by atoms with Crippen molar-refractivity contribution in [1.29, 1.82) is 0 Å². The number of carbonyl (C=O) groups excluding carboxylic acids is 3. The number of imide groups is 1. The molecular formula is C21H26N4O4. The Labute approximate surface area is 169 Å². The average molecular weight is 398 g/mol. The number of benzene rings is 1. The number of piperidine rings is 1. The first-order chi connectivity index (χ1) is 13.9. The molecule has 1 aromatic rings. The van der Waals surface area contributed by atoms with E-state index in [2.05, 4.69) is 10.6 Å². The normalized spacial score (nSPS) is 33.3. The van der Waals surface area contributed by atoms with E-state index >= 15 is 0 Å². The molecule has 3 fully saturated rings. The SMILES string of the molecule is NC12CCC(CNCc3ccc4c(c3)CN(C3CCC(=O)NC3=O)C4=O)(C1)OC2. The van der Waals surface area contributed by atoms with Crippen LogP contribution in [0.3, 0.4) is 0 Å². The second-order valence-corrected chi connectivity index (χ2v) is 9.01. The van der Waals surface area contributed by atoms with Gasteiger partial charge in [-0.3, -0.25) is 19.7 Å². The first-order valence-corrected chi connectivity index (χ1v) is 10.3. The minimum atomic E-state index is -0.577. The number of nitrogens with zero attached hydrogens (tertiary/aromatic N) is 1. The van der Waals surface area contributed by atoms with Gasteiger partial charge >= 0.3 is 0 Å². The molecule has 0 aromatic heterocycles. The maximum atomic E-state index is 12.8. The first kappa shape index (κ1) is 18.7. The summed E-state index contributed by atoms with van der Waals surface area (Å²) in [6.07, 6.45) is 3.57. The van der Waals surface area contributed by atoms with Crippen LogP contribution in [0.25, 0.3) is 0 Å². The van der Waals surface area contributed by atoms with Crippen molar-refractivity contribution >= 4 is 17.7 Å². The molecule has 3 amide bonds. The number of nitrogens with two attached hydrogens (primary N) is 1. The number of hydrogen-bond donors (Lipinski definition) is 3. The van der Waals surface area contributed by atoms with Crippen LogP contribution in [0.15, 0.2) is 18.2 Å². The Morgan fingerprint density at radius 2 is 2.14 bits per heavy atom. The smallest absolute Gasteiger partial charge is 0.255 e. The number of fused-ring (bicyclic) bond motifs is 3. The van der Waals surface area contributed by atoms with E-state index in [1.54, 1.807) is 4.90 Å². The highest BCUT2D eigenvalue weighted by Crippen LogP contribution is 2.45. The van der Waals surface area contributed by atoms with Gasteiger partial charge in [0.25, 0.3) is 5.91 Å². The fourth-order valence-corrected chi connectivity index (χ4v) is 5.21. The minimum absolute atomic E-state index is 0.135. The van der Waals surface area contributed by atoms with E-state index in [1.165, 1.54) is 0 Å². The summed E-state index contributed by atoms with van der Waals surface area (Å²) >= 11 is 0. The largest absolute Gasteiger partial charge is 0.372 e. The molecule has 0 spiro atoms. The molecule has 3 unspecified atom stereocenters. The highest BCUT2D eigenvalue weighted by atomic mass is 16.5. The summed E-state index contributed by atoms with van der Waals surface area (Å²) in [5, 5.41) is 5.82. The van der Waals surface area contributed by atoms with Crippen LogP contribution in [-0.2, 0) is 27.4 Å². The molecule has 4 N–H and O–H groups in total. The van der Waals surface area contributed by atoms with Gasteiger partial charge in [-0.2, -0.15) is 0 Å². The predicted molar refractivity (Wildman–Crippen MR) is 104 cm³/mol. The lowest BCUT2D eigenvalue weighted by molar-refractivity contribution is -0.136. The summed E-state index contributed by atoms with van der Waals surface area (Å²) in [5.74, 6) is -0.797. The molecule has 2 saturated heterocycles. The zero-order valence-corrected chi connectivity index (χ0v) is 16.3. The van der Waals surface area contributed by atoms with Gasteiger partial charge in [-0.1, -0.05) is 12.1 Å². The van der Waals surface area contributed by atoms with Crippen LogP contribution in [0.5, 0.6) is 0 Å². The molecule has 1 aliphatic carbocycles. The number of carbonyl (C=O) groups is 3. The third-order valence-corrected chi connectivity index (χ3v) is 6.78. The molecule has 0 radical (unpaired) electrons. The highest BCUT2D eigenvalue weighted by Gasteiger charge is 2.53. The molecule has 154 valence electrons.